The van der Waals surface area contributed by atoms with Crippen LogP contribution < -0.4 is 5.69 Å². The van der Waals surface area contributed by atoms with E-state index in [1.807, 2.05) is 13.8 Å². The Morgan fingerprint density at radius 1 is 1.40 bits per heavy atom. The highest BCUT2D eigenvalue weighted by Crippen LogP contribution is 2.33. The van der Waals surface area contributed by atoms with E-state index in [2.05, 4.69) is 10.2 Å². The minimum atomic E-state index is -0.800. The summed E-state index contributed by atoms with van der Waals surface area (Å²) in [6.45, 7) is 5.32. The lowest BCUT2D eigenvalue weighted by Gasteiger charge is -2.13. The number of aromatic nitrogens is 3. The number of hydrogen-bond acceptors (Lipinski definition) is 4. The Morgan fingerprint density at radius 3 is 2.70 bits per heavy atom. The summed E-state index contributed by atoms with van der Waals surface area (Å²) in [4.78, 5) is 12.3. The van der Waals surface area contributed by atoms with Crippen molar-refractivity contribution < 1.29 is 9.50 Å². The molecule has 0 aliphatic heterocycles. The van der Waals surface area contributed by atoms with Crippen molar-refractivity contribution in [3.63, 3.8) is 0 Å². The van der Waals surface area contributed by atoms with Gasteiger partial charge in [0.15, 0.2) is 5.16 Å². The first kappa shape index (κ1) is 14.8. The SMILES string of the molecule is CC(C)n1c(Sc2ccc(F)cc2[C@H](C)O)n[nH]c1=O. The number of rotatable bonds is 4. The summed E-state index contributed by atoms with van der Waals surface area (Å²) in [5.41, 5.74) is 0.184. The fourth-order valence-electron chi connectivity index (χ4n) is 1.85. The molecule has 2 aromatic rings. The van der Waals surface area contributed by atoms with E-state index in [0.29, 0.717) is 15.6 Å². The zero-order valence-electron chi connectivity index (χ0n) is 11.4. The zero-order valence-corrected chi connectivity index (χ0v) is 12.2. The predicted molar refractivity (Wildman–Crippen MR) is 74.4 cm³/mol. The smallest absolute Gasteiger partial charge is 0.344 e. The van der Waals surface area contributed by atoms with Crippen molar-refractivity contribution in [3.05, 3.63) is 40.1 Å². The lowest BCUT2D eigenvalue weighted by molar-refractivity contribution is 0.196. The van der Waals surface area contributed by atoms with Crippen LogP contribution in [0.2, 0.25) is 0 Å². The quantitative estimate of drug-likeness (QED) is 0.909. The van der Waals surface area contributed by atoms with Gasteiger partial charge in [-0.15, -0.1) is 5.10 Å². The minimum Gasteiger partial charge on any atom is -0.389 e. The molecule has 1 aromatic heterocycles. The highest BCUT2D eigenvalue weighted by atomic mass is 32.2. The van der Waals surface area contributed by atoms with Crippen molar-refractivity contribution in [3.8, 4) is 0 Å². The van der Waals surface area contributed by atoms with E-state index < -0.39 is 11.9 Å². The molecule has 1 atom stereocenters. The van der Waals surface area contributed by atoms with Crippen LogP contribution in [0.4, 0.5) is 4.39 Å². The molecular weight excluding hydrogens is 281 g/mol. The predicted octanol–water partition coefficient (Wildman–Crippen LogP) is 2.50. The van der Waals surface area contributed by atoms with Gasteiger partial charge in [-0.25, -0.2) is 14.3 Å². The number of aliphatic hydroxyl groups is 1. The average molecular weight is 297 g/mol. The van der Waals surface area contributed by atoms with Crippen molar-refractivity contribution in [1.82, 2.24) is 14.8 Å². The molecule has 2 rings (SSSR count). The van der Waals surface area contributed by atoms with Crippen molar-refractivity contribution in [2.24, 2.45) is 0 Å². The van der Waals surface area contributed by atoms with Gasteiger partial charge in [0.2, 0.25) is 0 Å². The Labute approximate surface area is 119 Å². The Kier molecular flexibility index (Phi) is 4.29. The molecule has 0 aliphatic rings. The molecular formula is C13H16FN3O2S. The Hall–Kier alpha value is -1.60. The fraction of sp³-hybridized carbons (Fsp3) is 0.385. The molecule has 5 nitrogen and oxygen atoms in total. The van der Waals surface area contributed by atoms with Crippen molar-refractivity contribution in [2.45, 2.75) is 43.0 Å². The molecule has 0 amide bonds. The van der Waals surface area contributed by atoms with E-state index in [4.69, 9.17) is 0 Å². The molecule has 0 fully saturated rings. The third kappa shape index (κ3) is 2.94. The number of H-pyrrole nitrogens is 1. The van der Waals surface area contributed by atoms with Gasteiger partial charge in [-0.05, 0) is 56.3 Å². The summed E-state index contributed by atoms with van der Waals surface area (Å²) in [6.07, 6.45) is -0.800. The van der Waals surface area contributed by atoms with E-state index in [1.54, 1.807) is 13.0 Å². The van der Waals surface area contributed by atoms with Crippen molar-refractivity contribution in [1.29, 1.82) is 0 Å². The summed E-state index contributed by atoms with van der Waals surface area (Å²) in [7, 11) is 0. The number of benzene rings is 1. The third-order valence-electron chi connectivity index (χ3n) is 2.81. The molecule has 0 bridgehead atoms. The number of nitrogens with zero attached hydrogens (tertiary/aromatic N) is 2. The summed E-state index contributed by atoms with van der Waals surface area (Å²) in [5.74, 6) is -0.409. The highest BCUT2D eigenvalue weighted by Gasteiger charge is 2.16. The zero-order chi connectivity index (χ0) is 14.9. The van der Waals surface area contributed by atoms with Gasteiger partial charge in [-0.3, -0.25) is 4.57 Å². The number of nitrogens with one attached hydrogen (secondary N) is 1. The summed E-state index contributed by atoms with van der Waals surface area (Å²) in [6, 6.07) is 4.14. The van der Waals surface area contributed by atoms with Gasteiger partial charge in [0.05, 0.1) is 6.10 Å². The van der Waals surface area contributed by atoms with Gasteiger partial charge in [-0.1, -0.05) is 0 Å². The van der Waals surface area contributed by atoms with Crippen LogP contribution in [0.25, 0.3) is 0 Å². The van der Waals surface area contributed by atoms with E-state index >= 15 is 0 Å². The van der Waals surface area contributed by atoms with E-state index in [1.165, 1.54) is 28.5 Å². The number of aromatic amines is 1. The second kappa shape index (κ2) is 5.80. The molecule has 0 saturated heterocycles. The Bertz CT molecular complexity index is 664. The normalized spacial score (nSPS) is 12.9. The molecule has 108 valence electrons. The first-order chi connectivity index (χ1) is 9.40. The van der Waals surface area contributed by atoms with E-state index in [9.17, 15) is 14.3 Å². The van der Waals surface area contributed by atoms with Crippen LogP contribution in [0.1, 0.15) is 38.5 Å². The van der Waals surface area contributed by atoms with Gasteiger partial charge < -0.3 is 5.11 Å². The maximum absolute atomic E-state index is 13.3. The first-order valence-corrected chi connectivity index (χ1v) is 7.04. The van der Waals surface area contributed by atoms with Gasteiger partial charge in [0.1, 0.15) is 5.82 Å². The van der Waals surface area contributed by atoms with Crippen LogP contribution >= 0.6 is 11.8 Å². The second-order valence-corrected chi connectivity index (χ2v) is 5.74. The summed E-state index contributed by atoms with van der Waals surface area (Å²) in [5, 5.41) is 16.6. The maximum atomic E-state index is 13.3. The third-order valence-corrected chi connectivity index (χ3v) is 3.87. The maximum Gasteiger partial charge on any atom is 0.344 e. The van der Waals surface area contributed by atoms with Gasteiger partial charge in [0.25, 0.3) is 0 Å². The molecule has 0 saturated carbocycles. The molecule has 1 aromatic carbocycles. The van der Waals surface area contributed by atoms with Crippen molar-refractivity contribution in [2.75, 3.05) is 0 Å². The van der Waals surface area contributed by atoms with E-state index in [-0.39, 0.29) is 11.7 Å². The van der Waals surface area contributed by atoms with Crippen LogP contribution in [0, 0.1) is 5.82 Å². The first-order valence-electron chi connectivity index (χ1n) is 6.22. The summed E-state index contributed by atoms with van der Waals surface area (Å²) >= 11 is 1.22. The minimum absolute atomic E-state index is 0.0424. The van der Waals surface area contributed by atoms with Gasteiger partial charge >= 0.3 is 5.69 Å². The van der Waals surface area contributed by atoms with Crippen LogP contribution in [-0.4, -0.2) is 19.9 Å². The molecule has 1 heterocycles. The van der Waals surface area contributed by atoms with Crippen LogP contribution in [0.15, 0.2) is 33.0 Å². The average Bonchev–Trinajstić information content (AvgIpc) is 2.72. The molecule has 2 N–H and O–H groups in total. The van der Waals surface area contributed by atoms with E-state index in [0.717, 1.165) is 0 Å². The lowest BCUT2D eigenvalue weighted by atomic mass is 10.1. The topological polar surface area (TPSA) is 70.9 Å². The Balaban J connectivity index is 2.43. The molecule has 20 heavy (non-hydrogen) atoms. The Morgan fingerprint density at radius 2 is 2.10 bits per heavy atom. The van der Waals surface area contributed by atoms with Crippen LogP contribution in [0.3, 0.4) is 0 Å². The molecule has 0 spiro atoms. The summed E-state index contributed by atoms with van der Waals surface area (Å²) < 4.78 is 14.8. The highest BCUT2D eigenvalue weighted by molar-refractivity contribution is 7.99. The van der Waals surface area contributed by atoms with Gasteiger partial charge in [0, 0.05) is 10.9 Å². The molecule has 0 unspecified atom stereocenters. The molecule has 0 radical (unpaired) electrons. The largest absolute Gasteiger partial charge is 0.389 e. The van der Waals surface area contributed by atoms with Crippen LogP contribution in [-0.2, 0) is 0 Å². The number of halogens is 1. The molecule has 7 heteroatoms. The number of aliphatic hydroxyl groups excluding tert-OH is 1. The lowest BCUT2D eigenvalue weighted by Crippen LogP contribution is -2.19. The standard InChI is InChI=1S/C13H16FN3O2S/c1-7(2)17-12(19)15-16-13(17)20-11-5-4-9(14)6-10(11)8(3)18/h4-8,18H,1-3H3,(H,15,19)/t8-/m0/s1. The van der Waals surface area contributed by atoms with Crippen LogP contribution in [0.5, 0.6) is 0 Å². The fourth-order valence-corrected chi connectivity index (χ4v) is 3.02. The number of hydrogen-bond donors (Lipinski definition) is 2. The monoisotopic (exact) mass is 297 g/mol. The van der Waals surface area contributed by atoms with Crippen molar-refractivity contribution >= 4 is 11.8 Å². The van der Waals surface area contributed by atoms with Gasteiger partial charge in [-0.2, -0.15) is 0 Å². The molecule has 0 aliphatic carbocycles. The second-order valence-electron chi connectivity index (χ2n) is 4.74.